The molecule has 0 aromatic heterocycles. The molecule has 0 aliphatic heterocycles. The molecule has 1 unspecified atom stereocenters. The maximum Gasteiger partial charge on any atom is 0.323 e. The molecule has 2 fully saturated rings. The zero-order valence-electron chi connectivity index (χ0n) is 12.2. The molecular weight excluding hydrogens is 260 g/mol. The van der Waals surface area contributed by atoms with Gasteiger partial charge in [-0.15, -0.1) is 0 Å². The fourth-order valence-corrected chi connectivity index (χ4v) is 2.55. The van der Waals surface area contributed by atoms with E-state index in [-0.39, 0.29) is 24.7 Å². The molecule has 0 heterocycles. The molecule has 6 heteroatoms. The first-order chi connectivity index (χ1) is 9.54. The van der Waals surface area contributed by atoms with Crippen molar-refractivity contribution in [1.82, 2.24) is 9.80 Å². The van der Waals surface area contributed by atoms with Crippen molar-refractivity contribution in [2.75, 3.05) is 26.8 Å². The van der Waals surface area contributed by atoms with Crippen LogP contribution in [0.15, 0.2) is 0 Å². The molecule has 0 spiro atoms. The van der Waals surface area contributed by atoms with Crippen molar-refractivity contribution < 1.29 is 19.4 Å². The molecule has 1 N–H and O–H groups in total. The molecule has 0 aromatic rings. The van der Waals surface area contributed by atoms with Crippen molar-refractivity contribution in [3.05, 3.63) is 0 Å². The highest BCUT2D eigenvalue weighted by molar-refractivity contribution is 5.81. The van der Waals surface area contributed by atoms with Crippen LogP contribution in [0.3, 0.4) is 0 Å². The Kier molecular flexibility index (Phi) is 4.86. The Bertz CT molecular complexity index is 366. The van der Waals surface area contributed by atoms with Gasteiger partial charge in [0.25, 0.3) is 0 Å². The smallest absolute Gasteiger partial charge is 0.323 e. The minimum Gasteiger partial charge on any atom is -0.480 e. The number of methoxy groups -OCH3 is 1. The maximum absolute atomic E-state index is 12.7. The monoisotopic (exact) mass is 284 g/mol. The first-order valence-electron chi connectivity index (χ1n) is 7.32. The van der Waals surface area contributed by atoms with Gasteiger partial charge in [-0.2, -0.15) is 0 Å². The molecule has 0 bridgehead atoms. The Morgan fingerprint density at radius 1 is 1.30 bits per heavy atom. The summed E-state index contributed by atoms with van der Waals surface area (Å²) in [7, 11) is 1.61. The molecule has 6 nitrogen and oxygen atoms in total. The lowest BCUT2D eigenvalue weighted by Gasteiger charge is -2.34. The second-order valence-electron chi connectivity index (χ2n) is 5.80. The second kappa shape index (κ2) is 6.43. The third-order valence-corrected chi connectivity index (χ3v) is 4.12. The second-order valence-corrected chi connectivity index (χ2v) is 5.80. The highest BCUT2D eigenvalue weighted by Crippen LogP contribution is 2.36. The fourth-order valence-electron chi connectivity index (χ4n) is 2.55. The average Bonchev–Trinajstić information content (AvgIpc) is 3.28. The molecular formula is C14H24N2O4. The summed E-state index contributed by atoms with van der Waals surface area (Å²) in [6.07, 6.45) is 4.13. The molecule has 0 radical (unpaired) electrons. The lowest BCUT2D eigenvalue weighted by atomic mass is 10.2. The van der Waals surface area contributed by atoms with Gasteiger partial charge in [0.05, 0.1) is 6.61 Å². The summed E-state index contributed by atoms with van der Waals surface area (Å²) in [6.45, 7) is 2.85. The van der Waals surface area contributed by atoms with Crippen LogP contribution in [0.2, 0.25) is 0 Å². The Morgan fingerprint density at radius 2 is 1.95 bits per heavy atom. The van der Waals surface area contributed by atoms with Gasteiger partial charge in [0.2, 0.25) is 0 Å². The molecule has 2 aliphatic carbocycles. The third kappa shape index (κ3) is 3.85. The van der Waals surface area contributed by atoms with Gasteiger partial charge in [-0.1, -0.05) is 0 Å². The number of urea groups is 1. The molecule has 1 atom stereocenters. The van der Waals surface area contributed by atoms with Crippen LogP contribution in [0.1, 0.15) is 32.6 Å². The van der Waals surface area contributed by atoms with E-state index < -0.39 is 5.97 Å². The molecule has 0 aromatic carbocycles. The van der Waals surface area contributed by atoms with Crippen LogP contribution in [-0.4, -0.2) is 65.8 Å². The topological polar surface area (TPSA) is 70.1 Å². The first kappa shape index (κ1) is 15.1. The number of nitrogens with zero attached hydrogens (tertiary/aromatic N) is 2. The predicted molar refractivity (Wildman–Crippen MR) is 73.5 cm³/mol. The average molecular weight is 284 g/mol. The van der Waals surface area contributed by atoms with Crippen LogP contribution >= 0.6 is 0 Å². The van der Waals surface area contributed by atoms with E-state index in [0.717, 1.165) is 25.7 Å². The standard InChI is InChI=1S/C14H24N2O4/c1-10(11-3-4-11)15(7-8-20-2)14(19)16(9-13(17)18)12-5-6-12/h10-12H,3-9H2,1-2H3,(H,17,18). The third-order valence-electron chi connectivity index (χ3n) is 4.12. The van der Waals surface area contributed by atoms with E-state index in [9.17, 15) is 9.59 Å². The van der Waals surface area contributed by atoms with E-state index in [4.69, 9.17) is 9.84 Å². The number of hydrogen-bond acceptors (Lipinski definition) is 3. The Hall–Kier alpha value is -1.30. The summed E-state index contributed by atoms with van der Waals surface area (Å²) >= 11 is 0. The number of amides is 2. The Balaban J connectivity index is 2.03. The van der Waals surface area contributed by atoms with E-state index in [0.29, 0.717) is 19.1 Å². The van der Waals surface area contributed by atoms with E-state index in [2.05, 4.69) is 6.92 Å². The normalized spacial score (nSPS) is 19.5. The van der Waals surface area contributed by atoms with E-state index in [1.165, 1.54) is 4.90 Å². The molecule has 0 saturated heterocycles. The number of carbonyl (C=O) groups is 2. The fraction of sp³-hybridized carbons (Fsp3) is 0.857. The van der Waals surface area contributed by atoms with Crippen molar-refractivity contribution >= 4 is 12.0 Å². The zero-order valence-corrected chi connectivity index (χ0v) is 12.2. The van der Waals surface area contributed by atoms with E-state index >= 15 is 0 Å². The summed E-state index contributed by atoms with van der Waals surface area (Å²) < 4.78 is 5.08. The number of carbonyl (C=O) groups excluding carboxylic acids is 1. The van der Waals surface area contributed by atoms with Gasteiger partial charge in [0.1, 0.15) is 6.54 Å². The van der Waals surface area contributed by atoms with Crippen LogP contribution < -0.4 is 0 Å². The highest BCUT2D eigenvalue weighted by Gasteiger charge is 2.40. The number of carboxylic acids is 1. The van der Waals surface area contributed by atoms with Gasteiger partial charge >= 0.3 is 12.0 Å². The molecule has 2 saturated carbocycles. The maximum atomic E-state index is 12.7. The van der Waals surface area contributed by atoms with Crippen LogP contribution in [0.5, 0.6) is 0 Å². The van der Waals surface area contributed by atoms with E-state index in [1.54, 1.807) is 12.0 Å². The van der Waals surface area contributed by atoms with Crippen molar-refractivity contribution in [3.8, 4) is 0 Å². The van der Waals surface area contributed by atoms with Crippen LogP contribution in [0, 0.1) is 5.92 Å². The summed E-state index contributed by atoms with van der Waals surface area (Å²) in [4.78, 5) is 26.9. The van der Waals surface area contributed by atoms with Gasteiger partial charge in [-0.25, -0.2) is 4.79 Å². The lowest BCUT2D eigenvalue weighted by Crippen LogP contribution is -2.51. The lowest BCUT2D eigenvalue weighted by molar-refractivity contribution is -0.137. The van der Waals surface area contributed by atoms with E-state index in [1.807, 2.05) is 0 Å². The van der Waals surface area contributed by atoms with Crippen LogP contribution in [0.4, 0.5) is 4.79 Å². The van der Waals surface area contributed by atoms with Gasteiger partial charge in [-0.3, -0.25) is 4.79 Å². The summed E-state index contributed by atoms with van der Waals surface area (Å²) in [5.41, 5.74) is 0. The number of hydrogen-bond donors (Lipinski definition) is 1. The Labute approximate surface area is 119 Å². The van der Waals surface area contributed by atoms with Gasteiger partial charge in [0, 0.05) is 25.7 Å². The zero-order chi connectivity index (χ0) is 14.7. The quantitative estimate of drug-likeness (QED) is 0.731. The molecule has 20 heavy (non-hydrogen) atoms. The molecule has 2 amide bonds. The Morgan fingerprint density at radius 3 is 2.40 bits per heavy atom. The summed E-state index contributed by atoms with van der Waals surface area (Å²) in [5.74, 6) is -0.391. The number of carboxylic acid groups (broad SMARTS) is 1. The number of ether oxygens (including phenoxy) is 1. The summed E-state index contributed by atoms with van der Waals surface area (Å²) in [6, 6.07) is 0.120. The SMILES string of the molecule is COCCN(C(=O)N(CC(=O)O)C1CC1)C(C)C1CC1. The molecule has 2 rings (SSSR count). The minimum absolute atomic E-state index is 0.107. The highest BCUT2D eigenvalue weighted by atomic mass is 16.5. The van der Waals surface area contributed by atoms with Crippen molar-refractivity contribution in [2.24, 2.45) is 5.92 Å². The minimum atomic E-state index is -0.948. The van der Waals surface area contributed by atoms with Gasteiger partial charge in [-0.05, 0) is 38.5 Å². The predicted octanol–water partition coefficient (Wildman–Crippen LogP) is 1.40. The number of aliphatic carboxylic acids is 1. The van der Waals surface area contributed by atoms with Crippen LogP contribution in [-0.2, 0) is 9.53 Å². The van der Waals surface area contributed by atoms with Gasteiger partial charge < -0.3 is 19.6 Å². The van der Waals surface area contributed by atoms with Crippen molar-refractivity contribution in [3.63, 3.8) is 0 Å². The first-order valence-corrected chi connectivity index (χ1v) is 7.32. The van der Waals surface area contributed by atoms with Gasteiger partial charge in [0.15, 0.2) is 0 Å². The summed E-state index contributed by atoms with van der Waals surface area (Å²) in [5, 5.41) is 8.99. The van der Waals surface area contributed by atoms with Crippen molar-refractivity contribution in [1.29, 1.82) is 0 Å². The molecule has 114 valence electrons. The largest absolute Gasteiger partial charge is 0.480 e. The van der Waals surface area contributed by atoms with Crippen LogP contribution in [0.25, 0.3) is 0 Å². The number of rotatable bonds is 8. The van der Waals surface area contributed by atoms with Crippen molar-refractivity contribution in [2.45, 2.75) is 44.7 Å². The molecule has 2 aliphatic rings.